The third kappa shape index (κ3) is 3.13. The molecule has 1 aliphatic heterocycles. The number of rotatable bonds is 4. The van der Waals surface area contributed by atoms with Crippen LogP contribution in [0.25, 0.3) is 0 Å². The first-order valence-electron chi connectivity index (χ1n) is 7.24. The molecule has 128 valence electrons. The lowest BCUT2D eigenvalue weighted by Crippen LogP contribution is -2.41. The van der Waals surface area contributed by atoms with Crippen molar-refractivity contribution in [3.8, 4) is 0 Å². The Balaban J connectivity index is 2.50. The fourth-order valence-corrected chi connectivity index (χ4v) is 2.74. The topological polar surface area (TPSA) is 110 Å². The average molecular weight is 334 g/mol. The van der Waals surface area contributed by atoms with Gasteiger partial charge in [-0.2, -0.15) is 0 Å². The van der Waals surface area contributed by atoms with Gasteiger partial charge in [-0.25, -0.2) is 4.79 Å². The molecule has 0 bridgehead atoms. The zero-order chi connectivity index (χ0) is 18.0. The molecular weight excluding hydrogens is 316 g/mol. The number of aryl methyl sites for hydroxylation is 1. The van der Waals surface area contributed by atoms with Crippen LogP contribution in [0.5, 0.6) is 0 Å². The normalized spacial score (nSPS) is 17.0. The van der Waals surface area contributed by atoms with Gasteiger partial charge in [-0.05, 0) is 24.1 Å². The summed E-state index contributed by atoms with van der Waals surface area (Å²) < 4.78 is 4.69. The zero-order valence-corrected chi connectivity index (χ0v) is 13.4. The van der Waals surface area contributed by atoms with Crippen molar-refractivity contribution < 1.29 is 24.4 Å². The van der Waals surface area contributed by atoms with E-state index >= 15 is 0 Å². The first kappa shape index (κ1) is 17.6. The molecular formula is C16H18N2O6. The number of carbonyl (C=O) groups is 2. The van der Waals surface area contributed by atoms with Crippen molar-refractivity contribution in [2.45, 2.75) is 26.0 Å². The second kappa shape index (κ2) is 6.79. The van der Waals surface area contributed by atoms with Gasteiger partial charge >= 0.3 is 5.97 Å². The molecule has 1 fully saturated rings. The number of hydrogen-bond donors (Lipinski definition) is 1. The first-order chi connectivity index (χ1) is 11.3. The van der Waals surface area contributed by atoms with Crippen LogP contribution in [0.15, 0.2) is 24.3 Å². The predicted molar refractivity (Wildman–Crippen MR) is 84.4 cm³/mol. The SMILES string of the molecule is C=C1C[C@@H](C(=O)OC)N(C(=O)c2cc(CO)c(C)cc2[N+](=O)[O-])C1. The summed E-state index contributed by atoms with van der Waals surface area (Å²) in [6.45, 7) is 5.16. The Kier molecular flexibility index (Phi) is 4.99. The van der Waals surface area contributed by atoms with Gasteiger partial charge in [-0.15, -0.1) is 0 Å². The summed E-state index contributed by atoms with van der Waals surface area (Å²) in [6.07, 6.45) is 0.255. The molecule has 0 unspecified atom stereocenters. The van der Waals surface area contributed by atoms with E-state index in [-0.39, 0.29) is 30.8 Å². The van der Waals surface area contributed by atoms with Gasteiger partial charge in [0.05, 0.1) is 18.6 Å². The highest BCUT2D eigenvalue weighted by atomic mass is 16.6. The molecule has 1 N–H and O–H groups in total. The van der Waals surface area contributed by atoms with E-state index in [1.165, 1.54) is 24.1 Å². The van der Waals surface area contributed by atoms with Gasteiger partial charge in [-0.3, -0.25) is 14.9 Å². The molecule has 24 heavy (non-hydrogen) atoms. The first-order valence-corrected chi connectivity index (χ1v) is 7.24. The highest BCUT2D eigenvalue weighted by Crippen LogP contribution is 2.29. The summed E-state index contributed by atoms with van der Waals surface area (Å²) in [4.78, 5) is 36.5. The number of benzene rings is 1. The minimum Gasteiger partial charge on any atom is -0.467 e. The lowest BCUT2D eigenvalue weighted by Gasteiger charge is -2.22. The molecule has 1 saturated heterocycles. The van der Waals surface area contributed by atoms with Crippen LogP contribution in [0.2, 0.25) is 0 Å². The highest BCUT2D eigenvalue weighted by Gasteiger charge is 2.39. The van der Waals surface area contributed by atoms with Crippen molar-refractivity contribution in [3.05, 3.63) is 51.1 Å². The maximum absolute atomic E-state index is 12.8. The molecule has 8 nitrogen and oxygen atoms in total. The number of likely N-dealkylation sites (tertiary alicyclic amines) is 1. The van der Waals surface area contributed by atoms with Crippen LogP contribution in [0.4, 0.5) is 5.69 Å². The third-order valence-corrected chi connectivity index (χ3v) is 4.04. The number of amides is 1. The number of esters is 1. The fourth-order valence-electron chi connectivity index (χ4n) is 2.74. The summed E-state index contributed by atoms with van der Waals surface area (Å²) in [6, 6.07) is 1.69. The van der Waals surface area contributed by atoms with E-state index in [1.807, 2.05) is 0 Å². The minimum absolute atomic E-state index is 0.123. The lowest BCUT2D eigenvalue weighted by molar-refractivity contribution is -0.385. The highest BCUT2D eigenvalue weighted by molar-refractivity contribution is 6.01. The molecule has 0 radical (unpaired) electrons. The van der Waals surface area contributed by atoms with Crippen molar-refractivity contribution in [1.29, 1.82) is 0 Å². The van der Waals surface area contributed by atoms with Crippen molar-refractivity contribution >= 4 is 17.6 Å². The van der Waals surface area contributed by atoms with Crippen LogP contribution < -0.4 is 0 Å². The van der Waals surface area contributed by atoms with E-state index in [0.29, 0.717) is 16.7 Å². The largest absolute Gasteiger partial charge is 0.467 e. The number of methoxy groups -OCH3 is 1. The molecule has 8 heteroatoms. The molecule has 1 aromatic carbocycles. The van der Waals surface area contributed by atoms with Crippen LogP contribution in [0.1, 0.15) is 27.9 Å². The van der Waals surface area contributed by atoms with Crippen molar-refractivity contribution in [3.63, 3.8) is 0 Å². The molecule has 1 aliphatic rings. The summed E-state index contributed by atoms with van der Waals surface area (Å²) in [7, 11) is 1.21. The number of nitrogens with zero attached hydrogens (tertiary/aromatic N) is 2. The summed E-state index contributed by atoms with van der Waals surface area (Å²) in [5, 5.41) is 20.6. The minimum atomic E-state index is -0.853. The van der Waals surface area contributed by atoms with E-state index in [0.717, 1.165) is 0 Å². The number of nitro benzene ring substituents is 1. The molecule has 1 aromatic rings. The smallest absolute Gasteiger partial charge is 0.328 e. The van der Waals surface area contributed by atoms with Crippen molar-refractivity contribution in [2.24, 2.45) is 0 Å². The molecule has 0 aromatic heterocycles. The lowest BCUT2D eigenvalue weighted by atomic mass is 10.0. The average Bonchev–Trinajstić information content (AvgIpc) is 2.94. The summed E-state index contributed by atoms with van der Waals surface area (Å²) in [5.74, 6) is -1.26. The van der Waals surface area contributed by atoms with E-state index < -0.39 is 22.8 Å². The van der Waals surface area contributed by atoms with Crippen molar-refractivity contribution in [2.75, 3.05) is 13.7 Å². The second-order valence-corrected chi connectivity index (χ2v) is 5.64. The Morgan fingerprint density at radius 3 is 2.71 bits per heavy atom. The molecule has 1 amide bonds. The van der Waals surface area contributed by atoms with Crippen LogP contribution in [-0.4, -0.2) is 46.5 Å². The van der Waals surface area contributed by atoms with Gasteiger partial charge in [0.2, 0.25) is 0 Å². The Labute approximate surface area is 138 Å². The van der Waals surface area contributed by atoms with E-state index in [2.05, 4.69) is 6.58 Å². The predicted octanol–water partition coefficient (Wildman–Crippen LogP) is 1.34. The fraction of sp³-hybridized carbons (Fsp3) is 0.375. The van der Waals surface area contributed by atoms with Gasteiger partial charge < -0.3 is 14.7 Å². The number of nitro groups is 1. The van der Waals surface area contributed by atoms with Crippen LogP contribution in [0.3, 0.4) is 0 Å². The summed E-state index contributed by atoms with van der Waals surface area (Å²) >= 11 is 0. The third-order valence-electron chi connectivity index (χ3n) is 4.04. The van der Waals surface area contributed by atoms with Gasteiger partial charge in [0.25, 0.3) is 11.6 Å². The van der Waals surface area contributed by atoms with E-state index in [9.17, 15) is 24.8 Å². The number of aliphatic hydroxyl groups is 1. The van der Waals surface area contributed by atoms with Gasteiger partial charge in [-0.1, -0.05) is 12.2 Å². The maximum Gasteiger partial charge on any atom is 0.328 e. The Morgan fingerprint density at radius 2 is 2.17 bits per heavy atom. The van der Waals surface area contributed by atoms with Gasteiger partial charge in [0, 0.05) is 19.0 Å². The zero-order valence-electron chi connectivity index (χ0n) is 13.4. The van der Waals surface area contributed by atoms with E-state index in [4.69, 9.17) is 4.74 Å². The number of carbonyl (C=O) groups excluding carboxylic acids is 2. The molecule has 2 rings (SSSR count). The van der Waals surface area contributed by atoms with Gasteiger partial charge in [0.15, 0.2) is 0 Å². The molecule has 1 heterocycles. The van der Waals surface area contributed by atoms with Crippen molar-refractivity contribution in [1.82, 2.24) is 4.90 Å². The molecule has 0 aliphatic carbocycles. The monoisotopic (exact) mass is 334 g/mol. The number of ether oxygens (including phenoxy) is 1. The Morgan fingerprint density at radius 1 is 1.50 bits per heavy atom. The summed E-state index contributed by atoms with van der Waals surface area (Å²) in [5.41, 5.74) is 1.05. The molecule has 0 spiro atoms. The second-order valence-electron chi connectivity index (χ2n) is 5.64. The van der Waals surface area contributed by atoms with Gasteiger partial charge in [0.1, 0.15) is 11.6 Å². The Hall–Kier alpha value is -2.74. The quantitative estimate of drug-likeness (QED) is 0.385. The molecule has 1 atom stereocenters. The van der Waals surface area contributed by atoms with Crippen LogP contribution in [0, 0.1) is 17.0 Å². The van der Waals surface area contributed by atoms with E-state index in [1.54, 1.807) is 6.92 Å². The standard InChI is InChI=1S/C16H18N2O6/c1-9-4-14(16(21)24-3)17(7-9)15(20)12-6-11(8-19)10(2)5-13(12)18(22)23/h5-6,14,19H,1,4,7-8H2,2-3H3/t14-/m0/s1. The number of aliphatic hydroxyl groups excluding tert-OH is 1. The van der Waals surface area contributed by atoms with Crippen LogP contribution in [-0.2, 0) is 16.1 Å². The Bertz CT molecular complexity index is 728. The maximum atomic E-state index is 12.8. The molecule has 0 saturated carbocycles. The number of hydrogen-bond acceptors (Lipinski definition) is 6. The van der Waals surface area contributed by atoms with Crippen LogP contribution >= 0.6 is 0 Å².